The fraction of sp³-hybridized carbons (Fsp3) is 0.200. The van der Waals surface area contributed by atoms with E-state index in [1.807, 2.05) is 0 Å². The third-order valence-electron chi connectivity index (χ3n) is 4.12. The van der Waals surface area contributed by atoms with Crippen LogP contribution in [0.15, 0.2) is 53.3 Å². The van der Waals surface area contributed by atoms with E-state index < -0.39 is 5.97 Å². The molecule has 0 saturated heterocycles. The maximum Gasteiger partial charge on any atom is 0.340 e. The van der Waals surface area contributed by atoms with Crippen molar-refractivity contribution in [2.24, 2.45) is 0 Å². The molecule has 2 aromatic carbocycles. The van der Waals surface area contributed by atoms with Crippen LogP contribution >= 0.6 is 0 Å². The number of methoxy groups -OCH3 is 1. The first-order valence-electron chi connectivity index (χ1n) is 8.04. The molecule has 0 N–H and O–H groups in total. The van der Waals surface area contributed by atoms with Crippen molar-refractivity contribution in [2.45, 2.75) is 13.8 Å². The number of ether oxygens (including phenoxy) is 2. The topological polar surface area (TPSA) is 57.5 Å². The molecule has 0 fully saturated rings. The summed E-state index contributed by atoms with van der Waals surface area (Å²) in [6, 6.07) is 14.3. The highest BCUT2D eigenvalue weighted by molar-refractivity contribution is 6.05. The van der Waals surface area contributed by atoms with Crippen LogP contribution in [0.1, 0.15) is 23.0 Å². The van der Waals surface area contributed by atoms with Gasteiger partial charge in [0, 0.05) is 22.5 Å². The normalized spacial score (nSPS) is 10.7. The maximum absolute atomic E-state index is 13.1. The summed E-state index contributed by atoms with van der Waals surface area (Å²) in [7, 11) is 1.57. The minimum Gasteiger partial charge on any atom is -0.497 e. The van der Waals surface area contributed by atoms with Gasteiger partial charge in [-0.3, -0.25) is 9.36 Å². The van der Waals surface area contributed by atoms with Crippen molar-refractivity contribution in [1.29, 1.82) is 0 Å². The van der Waals surface area contributed by atoms with Crippen molar-refractivity contribution in [1.82, 2.24) is 4.57 Å². The maximum atomic E-state index is 13.1. The molecule has 128 valence electrons. The molecule has 0 atom stereocenters. The molecule has 0 saturated carbocycles. The van der Waals surface area contributed by atoms with Crippen molar-refractivity contribution in [2.75, 3.05) is 13.7 Å². The van der Waals surface area contributed by atoms with Crippen LogP contribution in [0.2, 0.25) is 0 Å². The second kappa shape index (κ2) is 6.81. The lowest BCUT2D eigenvalue weighted by atomic mass is 10.0. The zero-order valence-corrected chi connectivity index (χ0v) is 14.4. The minimum atomic E-state index is -0.437. The van der Waals surface area contributed by atoms with Crippen LogP contribution in [0.5, 0.6) is 5.75 Å². The Hall–Kier alpha value is -3.08. The van der Waals surface area contributed by atoms with Crippen molar-refractivity contribution >= 4 is 16.7 Å². The fourth-order valence-corrected chi connectivity index (χ4v) is 2.99. The summed E-state index contributed by atoms with van der Waals surface area (Å²) < 4.78 is 12.0. The van der Waals surface area contributed by atoms with E-state index in [2.05, 4.69) is 0 Å². The smallest absolute Gasteiger partial charge is 0.340 e. The van der Waals surface area contributed by atoms with Gasteiger partial charge in [0.25, 0.3) is 5.56 Å². The molecular weight excluding hydrogens is 318 g/mol. The van der Waals surface area contributed by atoms with Crippen LogP contribution in [0.25, 0.3) is 16.5 Å². The molecule has 0 radical (unpaired) electrons. The van der Waals surface area contributed by atoms with Crippen LogP contribution < -0.4 is 10.3 Å². The number of carbonyl (C=O) groups excluding carboxylic acids is 1. The van der Waals surface area contributed by atoms with Crippen LogP contribution in [0.4, 0.5) is 0 Å². The molecule has 3 aromatic rings. The number of rotatable bonds is 4. The molecule has 5 nitrogen and oxygen atoms in total. The van der Waals surface area contributed by atoms with Gasteiger partial charge in [0.1, 0.15) is 5.75 Å². The molecule has 0 bridgehead atoms. The van der Waals surface area contributed by atoms with Gasteiger partial charge in [0.05, 0.1) is 25.0 Å². The molecule has 0 aliphatic heterocycles. The van der Waals surface area contributed by atoms with E-state index in [0.717, 1.165) is 0 Å². The Morgan fingerprint density at radius 1 is 1.08 bits per heavy atom. The molecule has 0 aliphatic carbocycles. The lowest BCUT2D eigenvalue weighted by Crippen LogP contribution is -2.24. The summed E-state index contributed by atoms with van der Waals surface area (Å²) in [5.41, 5.74) is 1.39. The second-order valence-corrected chi connectivity index (χ2v) is 5.57. The lowest BCUT2D eigenvalue weighted by molar-refractivity contribution is 0.0527. The highest BCUT2D eigenvalue weighted by Gasteiger charge is 2.21. The second-order valence-electron chi connectivity index (χ2n) is 5.57. The van der Waals surface area contributed by atoms with E-state index in [1.165, 1.54) is 4.57 Å². The predicted octanol–water partition coefficient (Wildman–Crippen LogP) is 3.48. The Balaban J connectivity index is 2.40. The highest BCUT2D eigenvalue weighted by Crippen LogP contribution is 2.24. The van der Waals surface area contributed by atoms with Gasteiger partial charge in [-0.05, 0) is 32.0 Å². The molecule has 3 rings (SSSR count). The first-order chi connectivity index (χ1) is 12.1. The number of hydrogen-bond donors (Lipinski definition) is 0. The number of fused-ring (bicyclic) bond motifs is 1. The van der Waals surface area contributed by atoms with E-state index in [9.17, 15) is 9.59 Å². The Labute approximate surface area is 145 Å². The van der Waals surface area contributed by atoms with Gasteiger partial charge in [-0.2, -0.15) is 0 Å². The van der Waals surface area contributed by atoms with Crippen molar-refractivity contribution in [3.05, 3.63) is 70.1 Å². The van der Waals surface area contributed by atoms with Crippen LogP contribution in [-0.2, 0) is 4.74 Å². The van der Waals surface area contributed by atoms with Crippen LogP contribution in [-0.4, -0.2) is 24.3 Å². The minimum absolute atomic E-state index is 0.186. The number of benzene rings is 2. The SMILES string of the molecule is CCOC(=O)c1c(C)n(-c2cccc(OC)c2)c(=O)c2ccccc12. The zero-order chi connectivity index (χ0) is 18.0. The quantitative estimate of drug-likeness (QED) is 0.684. The van der Waals surface area contributed by atoms with Gasteiger partial charge in [-0.15, -0.1) is 0 Å². The van der Waals surface area contributed by atoms with E-state index >= 15 is 0 Å². The van der Waals surface area contributed by atoms with Crippen LogP contribution in [0, 0.1) is 6.92 Å². The molecule has 0 spiro atoms. The Bertz CT molecular complexity index is 1000. The Morgan fingerprint density at radius 3 is 2.48 bits per heavy atom. The first-order valence-corrected chi connectivity index (χ1v) is 8.04. The number of aromatic nitrogens is 1. The van der Waals surface area contributed by atoms with Crippen LogP contribution in [0.3, 0.4) is 0 Å². The van der Waals surface area contributed by atoms with Gasteiger partial charge in [-0.25, -0.2) is 4.79 Å². The molecule has 0 unspecified atom stereocenters. The summed E-state index contributed by atoms with van der Waals surface area (Å²) in [5, 5.41) is 1.07. The molecule has 1 aromatic heterocycles. The number of pyridine rings is 1. The third kappa shape index (κ3) is 2.89. The molecule has 5 heteroatoms. The third-order valence-corrected chi connectivity index (χ3v) is 4.12. The molecule has 0 aliphatic rings. The van der Waals surface area contributed by atoms with Crippen molar-refractivity contribution in [3.63, 3.8) is 0 Å². The van der Waals surface area contributed by atoms with E-state index in [-0.39, 0.29) is 12.2 Å². The summed E-state index contributed by atoms with van der Waals surface area (Å²) in [4.78, 5) is 25.6. The summed E-state index contributed by atoms with van der Waals surface area (Å²) in [5.74, 6) is 0.197. The number of carbonyl (C=O) groups is 1. The summed E-state index contributed by atoms with van der Waals surface area (Å²) >= 11 is 0. The van der Waals surface area contributed by atoms with Crippen molar-refractivity contribution in [3.8, 4) is 11.4 Å². The van der Waals surface area contributed by atoms with Gasteiger partial charge in [0.2, 0.25) is 0 Å². The van der Waals surface area contributed by atoms with E-state index in [4.69, 9.17) is 9.47 Å². The molecular formula is C20H19NO4. The van der Waals surface area contributed by atoms with Gasteiger partial charge >= 0.3 is 5.97 Å². The number of hydrogen-bond acceptors (Lipinski definition) is 4. The fourth-order valence-electron chi connectivity index (χ4n) is 2.99. The number of nitrogens with zero attached hydrogens (tertiary/aromatic N) is 1. The van der Waals surface area contributed by atoms with Crippen molar-refractivity contribution < 1.29 is 14.3 Å². The molecule has 0 amide bonds. The van der Waals surface area contributed by atoms with Gasteiger partial charge in [-0.1, -0.05) is 24.3 Å². The average molecular weight is 337 g/mol. The Kier molecular flexibility index (Phi) is 4.57. The monoisotopic (exact) mass is 337 g/mol. The Morgan fingerprint density at radius 2 is 1.80 bits per heavy atom. The first kappa shape index (κ1) is 16.8. The van der Waals surface area contributed by atoms with Gasteiger partial charge < -0.3 is 9.47 Å². The van der Waals surface area contributed by atoms with Gasteiger partial charge in [0.15, 0.2) is 0 Å². The predicted molar refractivity (Wildman–Crippen MR) is 96.8 cm³/mol. The standard InChI is InChI=1S/C20H19NO4/c1-4-25-20(23)18-13(2)21(14-8-7-9-15(12-14)24-3)19(22)17-11-6-5-10-16(17)18/h5-12H,4H2,1-3H3. The summed E-state index contributed by atoms with van der Waals surface area (Å²) in [6.07, 6.45) is 0. The summed E-state index contributed by atoms with van der Waals surface area (Å²) in [6.45, 7) is 3.78. The molecule has 1 heterocycles. The van der Waals surface area contributed by atoms with E-state index in [0.29, 0.717) is 33.5 Å². The largest absolute Gasteiger partial charge is 0.497 e. The molecule has 25 heavy (non-hydrogen) atoms. The number of esters is 1. The average Bonchev–Trinajstić information content (AvgIpc) is 2.62. The highest BCUT2D eigenvalue weighted by atomic mass is 16.5. The van der Waals surface area contributed by atoms with E-state index in [1.54, 1.807) is 69.5 Å². The lowest BCUT2D eigenvalue weighted by Gasteiger charge is -2.17. The zero-order valence-electron chi connectivity index (χ0n) is 14.4.